The standard InChI is InChI=1S/C22H22FNOS/c1-22(2)17-10-8-14(23)11-19(17)24-20-16-9-7-13-5-3-4-6-15(13)21(16)26(25)12-18(20)22/h3-6,8,10-11,18,20,24H,7,9,12H2,1-2H3. The molecule has 2 nitrogen and oxygen atoms in total. The number of halogens is 1. The van der Waals surface area contributed by atoms with Gasteiger partial charge < -0.3 is 5.32 Å². The molecular formula is C22H22FNOS. The molecule has 3 aliphatic rings. The molecule has 0 saturated heterocycles. The maximum Gasteiger partial charge on any atom is 0.125 e. The van der Waals surface area contributed by atoms with Crippen molar-refractivity contribution < 1.29 is 8.60 Å². The molecular weight excluding hydrogens is 345 g/mol. The van der Waals surface area contributed by atoms with E-state index in [4.69, 9.17) is 0 Å². The van der Waals surface area contributed by atoms with Crippen LogP contribution in [0, 0.1) is 11.7 Å². The van der Waals surface area contributed by atoms with Crippen molar-refractivity contribution in [2.75, 3.05) is 11.1 Å². The topological polar surface area (TPSA) is 29.1 Å². The summed E-state index contributed by atoms with van der Waals surface area (Å²) in [7, 11) is -0.999. The Hall–Kier alpha value is -1.94. The number of anilines is 1. The normalized spacial score (nSPS) is 28.3. The average Bonchev–Trinajstić information content (AvgIpc) is 2.62. The van der Waals surface area contributed by atoms with Gasteiger partial charge in [-0.2, -0.15) is 0 Å². The number of nitrogens with one attached hydrogen (secondary N) is 1. The smallest absolute Gasteiger partial charge is 0.125 e. The summed E-state index contributed by atoms with van der Waals surface area (Å²) < 4.78 is 27.1. The molecule has 2 aliphatic heterocycles. The molecule has 5 rings (SSSR count). The first kappa shape index (κ1) is 16.2. The molecule has 0 radical (unpaired) electrons. The van der Waals surface area contributed by atoms with Gasteiger partial charge in [0.25, 0.3) is 0 Å². The second-order valence-electron chi connectivity index (χ2n) is 8.16. The zero-order valence-electron chi connectivity index (χ0n) is 15.0. The highest BCUT2D eigenvalue weighted by Gasteiger charge is 2.48. The molecule has 0 amide bonds. The first-order valence-electron chi connectivity index (χ1n) is 9.23. The first-order chi connectivity index (χ1) is 12.5. The number of fused-ring (bicyclic) bond motifs is 5. The number of hydrogen-bond acceptors (Lipinski definition) is 2. The van der Waals surface area contributed by atoms with Crippen molar-refractivity contribution in [3.8, 4) is 0 Å². The van der Waals surface area contributed by atoms with Crippen LogP contribution in [-0.2, 0) is 22.6 Å². The molecule has 26 heavy (non-hydrogen) atoms. The van der Waals surface area contributed by atoms with Gasteiger partial charge >= 0.3 is 0 Å². The molecule has 2 heterocycles. The van der Waals surface area contributed by atoms with Gasteiger partial charge in [-0.15, -0.1) is 0 Å². The predicted octanol–water partition coefficient (Wildman–Crippen LogP) is 4.63. The van der Waals surface area contributed by atoms with Gasteiger partial charge in [0.1, 0.15) is 5.82 Å². The Balaban J connectivity index is 1.70. The van der Waals surface area contributed by atoms with Crippen LogP contribution in [0.4, 0.5) is 10.1 Å². The fourth-order valence-electron chi connectivity index (χ4n) is 5.04. The third kappa shape index (κ3) is 2.18. The van der Waals surface area contributed by atoms with Gasteiger partial charge in [0, 0.05) is 22.3 Å². The van der Waals surface area contributed by atoms with Crippen LogP contribution in [0.3, 0.4) is 0 Å². The monoisotopic (exact) mass is 367 g/mol. The Morgan fingerprint density at radius 1 is 1.15 bits per heavy atom. The number of rotatable bonds is 0. The van der Waals surface area contributed by atoms with Crippen LogP contribution in [0.1, 0.15) is 37.0 Å². The zero-order valence-corrected chi connectivity index (χ0v) is 15.8. The molecule has 3 unspecified atom stereocenters. The fourth-order valence-corrected chi connectivity index (χ4v) is 7.11. The number of hydrogen-bond donors (Lipinski definition) is 1. The predicted molar refractivity (Wildman–Crippen MR) is 105 cm³/mol. The summed E-state index contributed by atoms with van der Waals surface area (Å²) in [6.45, 7) is 4.42. The van der Waals surface area contributed by atoms with Crippen molar-refractivity contribution in [1.82, 2.24) is 0 Å². The van der Waals surface area contributed by atoms with E-state index in [1.807, 2.05) is 12.1 Å². The molecule has 0 spiro atoms. The van der Waals surface area contributed by atoms with E-state index in [1.54, 1.807) is 6.07 Å². The van der Waals surface area contributed by atoms with E-state index in [-0.39, 0.29) is 23.2 Å². The van der Waals surface area contributed by atoms with Gasteiger partial charge in [-0.3, -0.25) is 4.21 Å². The van der Waals surface area contributed by atoms with E-state index < -0.39 is 10.8 Å². The van der Waals surface area contributed by atoms with Crippen molar-refractivity contribution in [3.63, 3.8) is 0 Å². The molecule has 0 saturated carbocycles. The Morgan fingerprint density at radius 2 is 1.96 bits per heavy atom. The molecule has 0 bridgehead atoms. The van der Waals surface area contributed by atoms with Crippen LogP contribution in [0.2, 0.25) is 0 Å². The van der Waals surface area contributed by atoms with Gasteiger partial charge in [-0.25, -0.2) is 4.39 Å². The first-order valence-corrected chi connectivity index (χ1v) is 10.5. The summed E-state index contributed by atoms with van der Waals surface area (Å²) in [4.78, 5) is 1.02. The Bertz CT molecular complexity index is 978. The lowest BCUT2D eigenvalue weighted by Gasteiger charge is -2.50. The van der Waals surface area contributed by atoms with Gasteiger partial charge in [-0.05, 0) is 52.7 Å². The highest BCUT2D eigenvalue weighted by Crippen LogP contribution is 2.51. The summed E-state index contributed by atoms with van der Waals surface area (Å²) in [5, 5.41) is 3.61. The SMILES string of the molecule is CC1(C)c2ccc(F)cc2NC2C3=C(c4ccccc4CC3)S(=O)CC21. The summed E-state index contributed by atoms with van der Waals surface area (Å²) in [5.74, 6) is 0.674. The van der Waals surface area contributed by atoms with Gasteiger partial charge in [-0.1, -0.05) is 44.2 Å². The van der Waals surface area contributed by atoms with Gasteiger partial charge in [0.2, 0.25) is 0 Å². The van der Waals surface area contributed by atoms with Crippen LogP contribution in [0.15, 0.2) is 48.0 Å². The van der Waals surface area contributed by atoms with Crippen LogP contribution < -0.4 is 5.32 Å². The molecule has 0 aromatic heterocycles. The number of benzene rings is 2. The second kappa shape index (κ2) is 5.53. The Labute approximate surface area is 156 Å². The molecule has 1 aliphatic carbocycles. The zero-order chi connectivity index (χ0) is 18.1. The maximum atomic E-state index is 13.9. The summed E-state index contributed by atoms with van der Waals surface area (Å²) >= 11 is 0. The highest BCUT2D eigenvalue weighted by atomic mass is 32.2. The average molecular weight is 367 g/mol. The lowest BCUT2D eigenvalue weighted by Crippen LogP contribution is -2.52. The van der Waals surface area contributed by atoms with E-state index in [1.165, 1.54) is 17.2 Å². The quantitative estimate of drug-likeness (QED) is 0.735. The molecule has 2 aromatic carbocycles. The lowest BCUT2D eigenvalue weighted by atomic mass is 9.65. The third-order valence-electron chi connectivity index (χ3n) is 6.47. The van der Waals surface area contributed by atoms with E-state index in [2.05, 4.69) is 37.4 Å². The van der Waals surface area contributed by atoms with E-state index in [0.717, 1.165) is 34.6 Å². The minimum atomic E-state index is -0.999. The van der Waals surface area contributed by atoms with Crippen LogP contribution in [0.5, 0.6) is 0 Å². The van der Waals surface area contributed by atoms with Crippen molar-refractivity contribution in [3.05, 3.63) is 70.5 Å². The maximum absolute atomic E-state index is 13.9. The molecule has 3 atom stereocenters. The van der Waals surface area contributed by atoms with E-state index >= 15 is 0 Å². The summed E-state index contributed by atoms with van der Waals surface area (Å²) in [5.41, 5.74) is 5.56. The molecule has 2 aromatic rings. The molecule has 1 N–H and O–H groups in total. The van der Waals surface area contributed by atoms with E-state index in [9.17, 15) is 8.60 Å². The van der Waals surface area contributed by atoms with Gasteiger partial charge in [0.05, 0.1) is 16.8 Å². The van der Waals surface area contributed by atoms with Crippen molar-refractivity contribution >= 4 is 21.4 Å². The third-order valence-corrected chi connectivity index (χ3v) is 8.07. The van der Waals surface area contributed by atoms with Crippen molar-refractivity contribution in [1.29, 1.82) is 0 Å². The van der Waals surface area contributed by atoms with Crippen LogP contribution >= 0.6 is 0 Å². The largest absolute Gasteiger partial charge is 0.378 e. The molecule has 4 heteroatoms. The minimum Gasteiger partial charge on any atom is -0.378 e. The summed E-state index contributed by atoms with van der Waals surface area (Å²) in [6.07, 6.45) is 1.90. The second-order valence-corrected chi connectivity index (χ2v) is 9.60. The lowest BCUT2D eigenvalue weighted by molar-refractivity contribution is 0.308. The van der Waals surface area contributed by atoms with Gasteiger partial charge in [0.15, 0.2) is 0 Å². The Kier molecular flexibility index (Phi) is 3.45. The Morgan fingerprint density at radius 3 is 2.81 bits per heavy atom. The molecule has 134 valence electrons. The van der Waals surface area contributed by atoms with Crippen molar-refractivity contribution in [2.45, 2.75) is 38.1 Å². The molecule has 0 fully saturated rings. The van der Waals surface area contributed by atoms with Crippen LogP contribution in [-0.4, -0.2) is 16.0 Å². The van der Waals surface area contributed by atoms with Crippen molar-refractivity contribution in [2.24, 2.45) is 5.92 Å². The number of aryl methyl sites for hydroxylation is 1. The highest BCUT2D eigenvalue weighted by molar-refractivity contribution is 7.94. The fraction of sp³-hybridized carbons (Fsp3) is 0.364. The summed E-state index contributed by atoms with van der Waals surface area (Å²) in [6, 6.07) is 13.5. The van der Waals surface area contributed by atoms with Crippen LogP contribution in [0.25, 0.3) is 4.91 Å². The van der Waals surface area contributed by atoms with E-state index in [0.29, 0.717) is 5.75 Å². The minimum absolute atomic E-state index is 0.125.